The lowest BCUT2D eigenvalue weighted by Gasteiger charge is -2.43. The third-order valence-corrected chi connectivity index (χ3v) is 4.66. The Hall–Kier alpha value is -1.02. The Morgan fingerprint density at radius 2 is 2.00 bits per heavy atom. The van der Waals surface area contributed by atoms with E-state index in [1.807, 2.05) is 0 Å². The van der Waals surface area contributed by atoms with Crippen molar-refractivity contribution < 1.29 is 4.74 Å². The van der Waals surface area contributed by atoms with Crippen LogP contribution >= 0.6 is 0 Å². The molecule has 1 aromatic rings. The second-order valence-electron chi connectivity index (χ2n) is 6.09. The first kappa shape index (κ1) is 15.4. The number of nitrogens with one attached hydrogen (secondary N) is 1. The second kappa shape index (κ2) is 7.12. The number of para-hydroxylation sites is 1. The van der Waals surface area contributed by atoms with Gasteiger partial charge in [-0.25, -0.2) is 0 Å². The van der Waals surface area contributed by atoms with Crippen LogP contribution in [-0.4, -0.2) is 18.7 Å². The van der Waals surface area contributed by atoms with Crippen LogP contribution in [0.2, 0.25) is 0 Å². The Morgan fingerprint density at radius 1 is 1.25 bits per heavy atom. The lowest BCUT2D eigenvalue weighted by Crippen LogP contribution is -2.45. The molecular weight excluding hydrogens is 246 g/mol. The van der Waals surface area contributed by atoms with E-state index < -0.39 is 0 Å². The zero-order valence-electron chi connectivity index (χ0n) is 13.2. The number of benzene rings is 1. The number of ether oxygens (including phenoxy) is 1. The van der Waals surface area contributed by atoms with Crippen LogP contribution in [0.15, 0.2) is 24.3 Å². The maximum absolute atomic E-state index is 6.50. The molecule has 1 unspecified atom stereocenters. The van der Waals surface area contributed by atoms with Gasteiger partial charge in [-0.1, -0.05) is 39.0 Å². The molecule has 1 aromatic carbocycles. The monoisotopic (exact) mass is 275 g/mol. The highest BCUT2D eigenvalue weighted by atomic mass is 16.5. The van der Waals surface area contributed by atoms with Crippen LogP contribution in [0.5, 0.6) is 5.75 Å². The van der Waals surface area contributed by atoms with Crippen LogP contribution in [-0.2, 0) is 0 Å². The molecule has 0 radical (unpaired) electrons. The Balaban J connectivity index is 2.07. The Bertz CT molecular complexity index is 412. The fourth-order valence-corrected chi connectivity index (χ4v) is 2.90. The van der Waals surface area contributed by atoms with Crippen LogP contribution in [0.1, 0.15) is 64.4 Å². The fraction of sp³-hybridized carbons (Fsp3) is 0.667. The van der Waals surface area contributed by atoms with Crippen molar-refractivity contribution in [2.75, 3.05) is 13.1 Å². The first-order valence-corrected chi connectivity index (χ1v) is 8.19. The molecule has 0 spiro atoms. The van der Waals surface area contributed by atoms with Gasteiger partial charge in [-0.15, -0.1) is 0 Å². The molecule has 0 aliphatic heterocycles. The van der Waals surface area contributed by atoms with Gasteiger partial charge in [0, 0.05) is 0 Å². The molecule has 1 aliphatic rings. The van der Waals surface area contributed by atoms with Gasteiger partial charge >= 0.3 is 0 Å². The van der Waals surface area contributed by atoms with Gasteiger partial charge in [-0.05, 0) is 62.7 Å². The van der Waals surface area contributed by atoms with Crippen molar-refractivity contribution in [3.63, 3.8) is 0 Å². The SMILES string of the molecule is CCNCCC1(Oc2ccccc2C(C)CC)CCC1. The summed E-state index contributed by atoms with van der Waals surface area (Å²) in [6.07, 6.45) is 5.98. The van der Waals surface area contributed by atoms with Gasteiger partial charge in [0.1, 0.15) is 11.4 Å². The molecule has 0 amide bonds. The Kier molecular flexibility index (Phi) is 5.47. The van der Waals surface area contributed by atoms with Crippen molar-refractivity contribution in [2.24, 2.45) is 0 Å². The first-order chi connectivity index (χ1) is 9.71. The van der Waals surface area contributed by atoms with Gasteiger partial charge in [0.15, 0.2) is 0 Å². The minimum atomic E-state index is 0.0890. The molecule has 1 aliphatic carbocycles. The van der Waals surface area contributed by atoms with Gasteiger partial charge in [-0.3, -0.25) is 0 Å². The maximum Gasteiger partial charge on any atom is 0.123 e. The summed E-state index contributed by atoms with van der Waals surface area (Å²) in [5.41, 5.74) is 1.45. The molecule has 2 rings (SSSR count). The van der Waals surface area contributed by atoms with E-state index in [2.05, 4.69) is 50.4 Å². The molecule has 0 bridgehead atoms. The van der Waals surface area contributed by atoms with E-state index in [4.69, 9.17) is 4.74 Å². The molecular formula is C18H29NO. The van der Waals surface area contributed by atoms with Crippen LogP contribution in [0.4, 0.5) is 0 Å². The zero-order valence-corrected chi connectivity index (χ0v) is 13.2. The summed E-state index contributed by atoms with van der Waals surface area (Å²) < 4.78 is 6.50. The summed E-state index contributed by atoms with van der Waals surface area (Å²) in [5, 5.41) is 3.43. The Labute approximate surface area is 123 Å². The average molecular weight is 275 g/mol. The summed E-state index contributed by atoms with van der Waals surface area (Å²) >= 11 is 0. The minimum absolute atomic E-state index is 0.0890. The largest absolute Gasteiger partial charge is 0.487 e. The maximum atomic E-state index is 6.50. The number of hydrogen-bond acceptors (Lipinski definition) is 2. The predicted molar refractivity (Wildman–Crippen MR) is 85.5 cm³/mol. The van der Waals surface area contributed by atoms with Crippen molar-refractivity contribution in [1.29, 1.82) is 0 Å². The zero-order chi connectivity index (χ0) is 14.4. The van der Waals surface area contributed by atoms with Crippen molar-refractivity contribution in [3.8, 4) is 5.75 Å². The number of rotatable bonds is 8. The average Bonchev–Trinajstić information content (AvgIpc) is 2.44. The van der Waals surface area contributed by atoms with Crippen LogP contribution in [0.3, 0.4) is 0 Å². The van der Waals surface area contributed by atoms with E-state index in [1.165, 1.54) is 24.8 Å². The van der Waals surface area contributed by atoms with Crippen LogP contribution in [0, 0.1) is 0 Å². The predicted octanol–water partition coefficient (Wildman–Crippen LogP) is 4.50. The molecule has 2 nitrogen and oxygen atoms in total. The Morgan fingerprint density at radius 3 is 2.60 bits per heavy atom. The lowest BCUT2D eigenvalue weighted by molar-refractivity contribution is -0.0150. The molecule has 20 heavy (non-hydrogen) atoms. The van der Waals surface area contributed by atoms with E-state index in [0.29, 0.717) is 5.92 Å². The van der Waals surface area contributed by atoms with E-state index in [1.54, 1.807) is 0 Å². The second-order valence-corrected chi connectivity index (χ2v) is 6.09. The summed E-state index contributed by atoms with van der Waals surface area (Å²) in [5.74, 6) is 1.68. The molecule has 0 aromatic heterocycles. The highest BCUT2D eigenvalue weighted by Crippen LogP contribution is 2.41. The molecule has 0 saturated heterocycles. The molecule has 112 valence electrons. The molecule has 1 atom stereocenters. The topological polar surface area (TPSA) is 21.3 Å². The highest BCUT2D eigenvalue weighted by Gasteiger charge is 2.39. The third kappa shape index (κ3) is 3.54. The molecule has 1 fully saturated rings. The fourth-order valence-electron chi connectivity index (χ4n) is 2.90. The van der Waals surface area contributed by atoms with Gasteiger partial charge in [0.05, 0.1) is 0 Å². The van der Waals surface area contributed by atoms with Crippen molar-refractivity contribution >= 4 is 0 Å². The van der Waals surface area contributed by atoms with E-state index in [9.17, 15) is 0 Å². The van der Waals surface area contributed by atoms with E-state index >= 15 is 0 Å². The molecule has 1 N–H and O–H groups in total. The van der Waals surface area contributed by atoms with E-state index in [-0.39, 0.29) is 5.60 Å². The van der Waals surface area contributed by atoms with Crippen molar-refractivity contribution in [2.45, 2.75) is 64.4 Å². The van der Waals surface area contributed by atoms with Gasteiger partial charge in [0.25, 0.3) is 0 Å². The standard InChI is InChI=1S/C18H29NO/c1-4-15(3)16-9-6-7-10-17(16)20-18(11-8-12-18)13-14-19-5-2/h6-7,9-10,15,19H,4-5,8,11-14H2,1-3H3. The first-order valence-electron chi connectivity index (χ1n) is 8.19. The molecule has 0 heterocycles. The molecule has 2 heteroatoms. The summed E-state index contributed by atoms with van der Waals surface area (Å²) in [4.78, 5) is 0. The molecule has 1 saturated carbocycles. The van der Waals surface area contributed by atoms with Gasteiger partial charge in [0.2, 0.25) is 0 Å². The summed E-state index contributed by atoms with van der Waals surface area (Å²) in [7, 11) is 0. The van der Waals surface area contributed by atoms with Crippen LogP contribution < -0.4 is 10.1 Å². The third-order valence-electron chi connectivity index (χ3n) is 4.66. The van der Waals surface area contributed by atoms with Crippen LogP contribution in [0.25, 0.3) is 0 Å². The summed E-state index contributed by atoms with van der Waals surface area (Å²) in [6.45, 7) is 8.79. The van der Waals surface area contributed by atoms with Gasteiger partial charge < -0.3 is 10.1 Å². The highest BCUT2D eigenvalue weighted by molar-refractivity contribution is 5.36. The van der Waals surface area contributed by atoms with Crippen molar-refractivity contribution in [1.82, 2.24) is 5.32 Å². The lowest BCUT2D eigenvalue weighted by atomic mass is 9.77. The van der Waals surface area contributed by atoms with E-state index in [0.717, 1.165) is 31.7 Å². The number of hydrogen-bond donors (Lipinski definition) is 1. The normalized spacial score (nSPS) is 18.4. The van der Waals surface area contributed by atoms with Gasteiger partial charge in [-0.2, -0.15) is 0 Å². The minimum Gasteiger partial charge on any atom is -0.487 e. The summed E-state index contributed by atoms with van der Waals surface area (Å²) in [6, 6.07) is 8.59. The smallest absolute Gasteiger partial charge is 0.123 e. The quantitative estimate of drug-likeness (QED) is 0.705. The van der Waals surface area contributed by atoms with Crippen molar-refractivity contribution in [3.05, 3.63) is 29.8 Å².